The number of fused-ring (bicyclic) bond motifs is 1. The van der Waals surface area contributed by atoms with Crippen molar-refractivity contribution in [3.63, 3.8) is 0 Å². The molecule has 168 valence electrons. The number of nitrogens with zero attached hydrogens (tertiary/aromatic N) is 2. The Labute approximate surface area is 190 Å². The van der Waals surface area contributed by atoms with Gasteiger partial charge in [0.05, 0.1) is 29.2 Å². The van der Waals surface area contributed by atoms with Crippen LogP contribution < -0.4 is 0 Å². The topological polar surface area (TPSA) is 98.2 Å². The van der Waals surface area contributed by atoms with Gasteiger partial charge in [0, 0.05) is 22.2 Å². The Morgan fingerprint density at radius 1 is 1.47 bits per heavy atom. The molecule has 7 atom stereocenters. The molecule has 0 radical (unpaired) electrons. The Morgan fingerprint density at radius 3 is 2.57 bits per heavy atom. The molecular weight excluding hydrogens is 472 g/mol. The number of aliphatic carboxylic acids is 1. The predicted octanol–water partition coefficient (Wildman–Crippen LogP) is 2.12. The quantitative estimate of drug-likeness (QED) is 0.408. The zero-order valence-corrected chi connectivity index (χ0v) is 20.3. The van der Waals surface area contributed by atoms with Gasteiger partial charge in [-0.15, -0.1) is 18.3 Å². The summed E-state index contributed by atoms with van der Waals surface area (Å²) in [5.41, 5.74) is -0.503. The van der Waals surface area contributed by atoms with Gasteiger partial charge in [-0.05, 0) is 33.6 Å². The van der Waals surface area contributed by atoms with Crippen LogP contribution in [0.5, 0.6) is 0 Å². The van der Waals surface area contributed by atoms with Crippen LogP contribution in [0.1, 0.15) is 40.5 Å². The third-order valence-corrected chi connectivity index (χ3v) is 9.93. The van der Waals surface area contributed by atoms with Gasteiger partial charge in [0.2, 0.25) is 11.8 Å². The first-order chi connectivity index (χ1) is 14.0. The zero-order valence-electron chi connectivity index (χ0n) is 17.9. The summed E-state index contributed by atoms with van der Waals surface area (Å²) in [6.07, 6.45) is 2.69. The molecule has 3 aliphatic rings. The first kappa shape index (κ1) is 23.6. The lowest BCUT2D eigenvalue weighted by Gasteiger charge is -2.43. The van der Waals surface area contributed by atoms with E-state index >= 15 is 0 Å². The van der Waals surface area contributed by atoms with Gasteiger partial charge in [-0.2, -0.15) is 0 Å². The van der Waals surface area contributed by atoms with Crippen LogP contribution in [-0.4, -0.2) is 83.4 Å². The number of amides is 2. The van der Waals surface area contributed by atoms with Crippen molar-refractivity contribution >= 4 is 45.5 Å². The van der Waals surface area contributed by atoms with E-state index in [1.807, 2.05) is 27.7 Å². The average Bonchev–Trinajstić information content (AvgIpc) is 3.23. The van der Waals surface area contributed by atoms with Gasteiger partial charge in [0.15, 0.2) is 0 Å². The van der Waals surface area contributed by atoms with Crippen LogP contribution in [-0.2, 0) is 14.4 Å². The second kappa shape index (κ2) is 8.13. The lowest BCUT2D eigenvalue weighted by Crippen LogP contribution is -2.60. The summed E-state index contributed by atoms with van der Waals surface area (Å²) in [5.74, 6) is -3.13. The molecule has 3 rings (SSSR count). The van der Waals surface area contributed by atoms with E-state index in [9.17, 15) is 24.6 Å². The van der Waals surface area contributed by atoms with E-state index in [0.29, 0.717) is 19.4 Å². The van der Waals surface area contributed by atoms with Crippen LogP contribution >= 0.6 is 27.7 Å². The number of carboxylic acids is 1. The number of carbonyl (C=O) groups excluding carboxylic acids is 2. The van der Waals surface area contributed by atoms with E-state index in [-0.39, 0.29) is 28.5 Å². The van der Waals surface area contributed by atoms with Crippen molar-refractivity contribution in [3.8, 4) is 0 Å². The number of rotatable bonds is 7. The van der Waals surface area contributed by atoms with Crippen molar-refractivity contribution in [2.75, 3.05) is 13.2 Å². The molecule has 3 unspecified atom stereocenters. The summed E-state index contributed by atoms with van der Waals surface area (Å²) >= 11 is 5.10. The van der Waals surface area contributed by atoms with Gasteiger partial charge in [-0.25, -0.2) is 0 Å². The molecule has 0 aromatic heterocycles. The number of aliphatic hydroxyl groups is 1. The third kappa shape index (κ3) is 3.32. The van der Waals surface area contributed by atoms with Crippen LogP contribution in [0.3, 0.4) is 0 Å². The lowest BCUT2D eigenvalue weighted by atomic mass is 9.71. The second-order valence-electron chi connectivity index (χ2n) is 9.40. The van der Waals surface area contributed by atoms with Gasteiger partial charge < -0.3 is 20.0 Å². The molecule has 2 N–H and O–H groups in total. The SMILES string of the molecule is C=CCN(C(=O)C1N([C@@H](CC)CO)C(=O)[C@@H]2[C@@H](C(=O)O)[C@@H]3SC12CC3Br)C(C)(C)C. The summed E-state index contributed by atoms with van der Waals surface area (Å²) in [6.45, 7) is 11.5. The maximum Gasteiger partial charge on any atom is 0.308 e. The molecule has 0 saturated carbocycles. The van der Waals surface area contributed by atoms with Crippen molar-refractivity contribution in [2.45, 2.75) is 73.0 Å². The van der Waals surface area contributed by atoms with Crippen molar-refractivity contribution in [2.24, 2.45) is 11.8 Å². The van der Waals surface area contributed by atoms with Crippen molar-refractivity contribution in [1.82, 2.24) is 9.80 Å². The molecule has 3 heterocycles. The van der Waals surface area contributed by atoms with Crippen molar-refractivity contribution < 1.29 is 24.6 Å². The molecule has 0 aromatic rings. The molecule has 30 heavy (non-hydrogen) atoms. The first-order valence-corrected chi connectivity index (χ1v) is 12.2. The summed E-state index contributed by atoms with van der Waals surface area (Å²) in [4.78, 5) is 42.9. The number of hydrogen-bond acceptors (Lipinski definition) is 5. The van der Waals surface area contributed by atoms with Crippen LogP contribution in [0.15, 0.2) is 12.7 Å². The van der Waals surface area contributed by atoms with E-state index in [2.05, 4.69) is 22.5 Å². The summed E-state index contributed by atoms with van der Waals surface area (Å²) in [7, 11) is 0. The van der Waals surface area contributed by atoms with E-state index in [0.717, 1.165) is 0 Å². The number of thioether (sulfide) groups is 1. The Balaban J connectivity index is 2.16. The van der Waals surface area contributed by atoms with E-state index in [1.54, 1.807) is 11.0 Å². The maximum atomic E-state index is 14.0. The normalized spacial score (nSPS) is 36.0. The largest absolute Gasteiger partial charge is 0.481 e. The number of halogens is 1. The minimum absolute atomic E-state index is 0.0837. The van der Waals surface area contributed by atoms with Gasteiger partial charge in [-0.3, -0.25) is 14.4 Å². The number of aliphatic hydroxyl groups excluding tert-OH is 1. The zero-order chi connectivity index (χ0) is 22.6. The van der Waals surface area contributed by atoms with Crippen LogP contribution in [0.2, 0.25) is 0 Å². The number of likely N-dealkylation sites (tertiary alicyclic amines) is 1. The van der Waals surface area contributed by atoms with Crippen LogP contribution in [0.25, 0.3) is 0 Å². The molecule has 0 aromatic carbocycles. The smallest absolute Gasteiger partial charge is 0.308 e. The molecule has 2 bridgehead atoms. The van der Waals surface area contributed by atoms with Gasteiger partial charge in [0.1, 0.15) is 6.04 Å². The standard InChI is InChI=1S/C21H31BrN2O5S/c1-6-8-23(20(3,4)5)18(27)16-21-9-12(22)15(30-21)13(19(28)29)14(21)17(26)24(16)11(7-2)10-25/h6,11-16,25H,1,7-10H2,2-5H3,(H,28,29)/t11-,12?,13+,14-,15+,16?,21?/m0/s1. The minimum Gasteiger partial charge on any atom is -0.481 e. The van der Waals surface area contributed by atoms with Gasteiger partial charge in [-0.1, -0.05) is 28.9 Å². The summed E-state index contributed by atoms with van der Waals surface area (Å²) in [6, 6.07) is -1.34. The maximum absolute atomic E-state index is 14.0. The van der Waals surface area contributed by atoms with Gasteiger partial charge in [0.25, 0.3) is 0 Å². The summed E-state index contributed by atoms with van der Waals surface area (Å²) < 4.78 is -0.816. The molecular formula is C21H31BrN2O5S. The fourth-order valence-corrected chi connectivity index (χ4v) is 8.99. The highest BCUT2D eigenvalue weighted by molar-refractivity contribution is 9.09. The van der Waals surface area contributed by atoms with Gasteiger partial charge >= 0.3 is 5.97 Å². The second-order valence-corrected chi connectivity index (χ2v) is 12.1. The van der Waals surface area contributed by atoms with E-state index in [1.165, 1.54) is 16.7 Å². The molecule has 3 saturated heterocycles. The molecule has 2 amide bonds. The van der Waals surface area contributed by atoms with Crippen LogP contribution in [0, 0.1) is 11.8 Å². The van der Waals surface area contributed by atoms with Crippen molar-refractivity contribution in [1.29, 1.82) is 0 Å². The lowest BCUT2D eigenvalue weighted by molar-refractivity contribution is -0.150. The molecule has 9 heteroatoms. The number of carbonyl (C=O) groups is 3. The molecule has 1 spiro atoms. The highest BCUT2D eigenvalue weighted by Crippen LogP contribution is 2.68. The predicted molar refractivity (Wildman–Crippen MR) is 120 cm³/mol. The molecule has 3 aliphatic heterocycles. The highest BCUT2D eigenvalue weighted by atomic mass is 79.9. The summed E-state index contributed by atoms with van der Waals surface area (Å²) in [5, 5.41) is 19.7. The number of alkyl halides is 1. The fraction of sp³-hybridized carbons (Fsp3) is 0.762. The fourth-order valence-electron chi connectivity index (χ4n) is 5.41. The monoisotopic (exact) mass is 502 g/mol. The Hall–Kier alpha value is -1.06. The Bertz CT molecular complexity index is 752. The highest BCUT2D eigenvalue weighted by Gasteiger charge is 2.76. The Morgan fingerprint density at radius 2 is 2.10 bits per heavy atom. The number of carboxylic acid groups (broad SMARTS) is 1. The van der Waals surface area contributed by atoms with Crippen LogP contribution in [0.4, 0.5) is 0 Å². The molecule has 7 nitrogen and oxygen atoms in total. The van der Waals surface area contributed by atoms with E-state index < -0.39 is 40.2 Å². The van der Waals surface area contributed by atoms with Crippen molar-refractivity contribution in [3.05, 3.63) is 12.7 Å². The molecule has 3 fully saturated rings. The first-order valence-electron chi connectivity index (χ1n) is 10.4. The average molecular weight is 503 g/mol. The molecule has 0 aliphatic carbocycles. The van der Waals surface area contributed by atoms with E-state index in [4.69, 9.17) is 0 Å². The number of hydrogen-bond donors (Lipinski definition) is 2. The Kier molecular flexibility index (Phi) is 6.40. The third-order valence-electron chi connectivity index (χ3n) is 6.71. The minimum atomic E-state index is -0.999.